The van der Waals surface area contributed by atoms with E-state index in [2.05, 4.69) is 167 Å². The molecule has 234 valence electrons. The second kappa shape index (κ2) is 10.7. The van der Waals surface area contributed by atoms with Gasteiger partial charge in [0.05, 0.1) is 0 Å². The van der Waals surface area contributed by atoms with Crippen LogP contribution in [0.25, 0.3) is 55.8 Å². The molecular weight excluding hydrogens is 579 g/mol. The molecule has 1 heteroatoms. The van der Waals surface area contributed by atoms with Crippen LogP contribution in [0.3, 0.4) is 0 Å². The lowest BCUT2D eigenvalue weighted by Gasteiger charge is -2.24. The van der Waals surface area contributed by atoms with Gasteiger partial charge in [-0.15, -0.1) is 0 Å². The summed E-state index contributed by atoms with van der Waals surface area (Å²) in [7, 11) is 0. The third-order valence-corrected chi connectivity index (χ3v) is 11.4. The Bertz CT molecular complexity index is 2280. The summed E-state index contributed by atoms with van der Waals surface area (Å²) >= 11 is 0. The Morgan fingerprint density at radius 2 is 0.979 bits per heavy atom. The maximum Gasteiger partial charge on any atom is 0.0416 e. The van der Waals surface area contributed by atoms with E-state index in [1.807, 2.05) is 0 Å². The summed E-state index contributed by atoms with van der Waals surface area (Å²) in [6.07, 6.45) is 15.4. The number of fused-ring (bicyclic) bond motifs is 6. The molecule has 5 aromatic carbocycles. The SMILES string of the molecule is CC1(C)c2cc(C3=CC=CCN3)ccc2-c2ccc(-c3ccc4c(c3)C(C)(C)c3cc(-c5ccccc5C5=CC=CCC5)ccc3-4)cc21. The second-order valence-electron chi connectivity index (χ2n) is 14.9. The molecule has 1 aliphatic heterocycles. The van der Waals surface area contributed by atoms with E-state index < -0.39 is 0 Å². The normalized spacial score (nSPS) is 17.5. The third-order valence-electron chi connectivity index (χ3n) is 11.4. The molecule has 0 unspecified atom stereocenters. The van der Waals surface area contributed by atoms with Crippen molar-refractivity contribution in [2.45, 2.75) is 51.4 Å². The van der Waals surface area contributed by atoms with Gasteiger partial charge >= 0.3 is 0 Å². The number of dihydropyridines is 1. The highest BCUT2D eigenvalue weighted by atomic mass is 14.9. The van der Waals surface area contributed by atoms with Crippen LogP contribution in [0, 0.1) is 0 Å². The van der Waals surface area contributed by atoms with Gasteiger partial charge in [0.15, 0.2) is 0 Å². The highest BCUT2D eigenvalue weighted by Gasteiger charge is 2.38. The predicted octanol–water partition coefficient (Wildman–Crippen LogP) is 11.9. The molecule has 0 spiro atoms. The summed E-state index contributed by atoms with van der Waals surface area (Å²) in [5.41, 5.74) is 21.4. The first-order valence-corrected chi connectivity index (χ1v) is 17.5. The summed E-state index contributed by atoms with van der Waals surface area (Å²) in [4.78, 5) is 0. The Kier molecular flexibility index (Phi) is 6.47. The zero-order valence-electron chi connectivity index (χ0n) is 28.3. The molecule has 1 heterocycles. The molecule has 5 aromatic rings. The first kappa shape index (κ1) is 29.0. The van der Waals surface area contributed by atoms with Gasteiger partial charge in [0.25, 0.3) is 0 Å². The van der Waals surface area contributed by atoms with Gasteiger partial charge < -0.3 is 5.32 Å². The summed E-state index contributed by atoms with van der Waals surface area (Å²) in [6.45, 7) is 10.4. The van der Waals surface area contributed by atoms with Crippen molar-refractivity contribution in [1.82, 2.24) is 5.32 Å². The zero-order valence-corrected chi connectivity index (χ0v) is 28.3. The van der Waals surface area contributed by atoms with Gasteiger partial charge in [0.1, 0.15) is 0 Å². The summed E-state index contributed by atoms with van der Waals surface area (Å²) in [5, 5.41) is 3.54. The molecule has 0 bridgehead atoms. The van der Waals surface area contributed by atoms with E-state index in [1.165, 1.54) is 89.2 Å². The van der Waals surface area contributed by atoms with Crippen molar-refractivity contribution in [3.8, 4) is 44.5 Å². The minimum absolute atomic E-state index is 0.0787. The Morgan fingerprint density at radius 3 is 1.52 bits per heavy atom. The highest BCUT2D eigenvalue weighted by molar-refractivity contribution is 5.90. The second-order valence-corrected chi connectivity index (χ2v) is 14.9. The summed E-state index contributed by atoms with van der Waals surface area (Å²) < 4.78 is 0. The topological polar surface area (TPSA) is 12.0 Å². The van der Waals surface area contributed by atoms with Gasteiger partial charge in [-0.2, -0.15) is 0 Å². The van der Waals surface area contributed by atoms with Gasteiger partial charge in [0.2, 0.25) is 0 Å². The van der Waals surface area contributed by atoms with E-state index in [9.17, 15) is 0 Å². The van der Waals surface area contributed by atoms with Crippen LogP contribution in [-0.2, 0) is 10.8 Å². The third kappa shape index (κ3) is 4.37. The van der Waals surface area contributed by atoms with E-state index >= 15 is 0 Å². The standard InChI is InChI=1S/C47H41N/c1-46(2)41-26-31(32-18-22-38-40-24-20-34(45-16-10-11-25-48-45)29-44(40)47(3,4)42(38)27-32)17-21-37(41)39-23-19-33(28-43(39)46)36-15-9-8-14-35(36)30-12-6-5-7-13-30/h5-6,8-12,14-24,26-29,48H,7,13,25H2,1-4H3. The first-order chi connectivity index (χ1) is 23.3. The maximum absolute atomic E-state index is 3.54. The predicted molar refractivity (Wildman–Crippen MR) is 204 cm³/mol. The van der Waals surface area contributed by atoms with Gasteiger partial charge in [-0.1, -0.05) is 131 Å². The Labute approximate surface area is 285 Å². The van der Waals surface area contributed by atoms with E-state index in [4.69, 9.17) is 0 Å². The van der Waals surface area contributed by atoms with Crippen LogP contribution < -0.4 is 5.32 Å². The van der Waals surface area contributed by atoms with E-state index in [1.54, 1.807) is 0 Å². The average Bonchev–Trinajstić information content (AvgIpc) is 3.50. The molecule has 3 aliphatic carbocycles. The van der Waals surface area contributed by atoms with E-state index in [0.29, 0.717) is 0 Å². The molecule has 0 amide bonds. The Hall–Kier alpha value is -5.14. The lowest BCUT2D eigenvalue weighted by molar-refractivity contribution is 0.659. The van der Waals surface area contributed by atoms with Gasteiger partial charge in [-0.25, -0.2) is 0 Å². The number of nitrogens with one attached hydrogen (secondary N) is 1. The fourth-order valence-electron chi connectivity index (χ4n) is 8.67. The van der Waals surface area contributed by atoms with Crippen molar-refractivity contribution in [3.63, 3.8) is 0 Å². The molecule has 0 saturated heterocycles. The lowest BCUT2D eigenvalue weighted by Crippen LogP contribution is -2.17. The van der Waals surface area contributed by atoms with Crippen molar-refractivity contribution in [1.29, 1.82) is 0 Å². The Balaban J connectivity index is 1.07. The monoisotopic (exact) mass is 619 g/mol. The molecule has 0 saturated carbocycles. The maximum atomic E-state index is 3.54. The number of rotatable bonds is 4. The van der Waals surface area contributed by atoms with Crippen molar-refractivity contribution in [2.24, 2.45) is 0 Å². The minimum Gasteiger partial charge on any atom is -0.381 e. The van der Waals surface area contributed by atoms with E-state index in [0.717, 1.165) is 19.4 Å². The lowest BCUT2D eigenvalue weighted by atomic mass is 9.79. The molecule has 48 heavy (non-hydrogen) atoms. The van der Waals surface area contributed by atoms with Crippen molar-refractivity contribution in [3.05, 3.63) is 167 Å². The number of hydrogen-bond donors (Lipinski definition) is 1. The molecule has 1 N–H and O–H groups in total. The number of allylic oxidation sites excluding steroid dienone is 6. The molecular formula is C47H41N. The van der Waals surface area contributed by atoms with Crippen LogP contribution in [0.5, 0.6) is 0 Å². The minimum atomic E-state index is -0.0991. The van der Waals surface area contributed by atoms with Crippen LogP contribution in [-0.4, -0.2) is 6.54 Å². The van der Waals surface area contributed by atoms with Crippen LogP contribution in [0.1, 0.15) is 73.9 Å². The summed E-state index contributed by atoms with van der Waals surface area (Å²) in [5.74, 6) is 0. The molecule has 4 aliphatic rings. The highest BCUT2D eigenvalue weighted by Crippen LogP contribution is 2.53. The first-order valence-electron chi connectivity index (χ1n) is 17.5. The molecule has 9 rings (SSSR count). The quantitative estimate of drug-likeness (QED) is 0.211. The van der Waals surface area contributed by atoms with Crippen molar-refractivity contribution >= 4 is 11.3 Å². The molecule has 1 nitrogen and oxygen atoms in total. The molecule has 0 fully saturated rings. The average molecular weight is 620 g/mol. The molecule has 0 atom stereocenters. The van der Waals surface area contributed by atoms with E-state index in [-0.39, 0.29) is 10.8 Å². The number of benzene rings is 5. The van der Waals surface area contributed by atoms with Gasteiger partial charge in [-0.05, 0) is 127 Å². The summed E-state index contributed by atoms with van der Waals surface area (Å²) in [6, 6.07) is 37.4. The van der Waals surface area contributed by atoms with Crippen LogP contribution in [0.15, 0.2) is 134 Å². The van der Waals surface area contributed by atoms with Gasteiger partial charge in [-0.3, -0.25) is 0 Å². The Morgan fingerprint density at radius 1 is 0.479 bits per heavy atom. The van der Waals surface area contributed by atoms with Crippen molar-refractivity contribution < 1.29 is 0 Å². The largest absolute Gasteiger partial charge is 0.381 e. The van der Waals surface area contributed by atoms with Crippen LogP contribution in [0.4, 0.5) is 0 Å². The van der Waals surface area contributed by atoms with Gasteiger partial charge in [0, 0.05) is 23.1 Å². The molecule has 0 aromatic heterocycles. The smallest absolute Gasteiger partial charge is 0.0416 e. The van der Waals surface area contributed by atoms with Crippen molar-refractivity contribution in [2.75, 3.05) is 6.54 Å². The fraction of sp³-hybridized carbons (Fsp3) is 0.191. The van der Waals surface area contributed by atoms with Crippen LogP contribution in [0.2, 0.25) is 0 Å². The fourth-order valence-corrected chi connectivity index (χ4v) is 8.67. The number of hydrogen-bond acceptors (Lipinski definition) is 1. The molecule has 0 radical (unpaired) electrons. The van der Waals surface area contributed by atoms with Crippen LogP contribution >= 0.6 is 0 Å². The zero-order chi connectivity index (χ0) is 32.6.